The van der Waals surface area contributed by atoms with Gasteiger partial charge in [0.25, 0.3) is 0 Å². The van der Waals surface area contributed by atoms with E-state index in [0.29, 0.717) is 5.56 Å². The molecule has 0 aliphatic heterocycles. The first-order valence-corrected chi connectivity index (χ1v) is 3.51. The van der Waals surface area contributed by atoms with Crippen LogP contribution in [0.3, 0.4) is 0 Å². The van der Waals surface area contributed by atoms with Gasteiger partial charge < -0.3 is 10.6 Å². The first-order valence-electron chi connectivity index (χ1n) is 3.51. The summed E-state index contributed by atoms with van der Waals surface area (Å²) in [6.07, 6.45) is 1.25. The molecule has 3 nitrogen and oxygen atoms in total. The molecule has 5 heteroatoms. The number of hydrogen-bond donors (Lipinski definition) is 1. The first kappa shape index (κ1) is 9.44. The van der Waals surface area contributed by atoms with Crippen LogP contribution in [0.15, 0.2) is 29.4 Å². The number of nitrogens with two attached hydrogens (primary N) is 1. The highest BCUT2D eigenvalue weighted by Crippen LogP contribution is 2.17. The van der Waals surface area contributed by atoms with Gasteiger partial charge in [-0.3, -0.25) is 0 Å². The van der Waals surface area contributed by atoms with Crippen molar-refractivity contribution in [2.75, 3.05) is 0 Å². The minimum atomic E-state index is -2.84. The van der Waals surface area contributed by atoms with Gasteiger partial charge in [0.1, 0.15) is 5.75 Å². The molecule has 1 rings (SSSR count). The van der Waals surface area contributed by atoms with Crippen molar-refractivity contribution < 1.29 is 13.5 Å². The van der Waals surface area contributed by atoms with E-state index < -0.39 is 6.61 Å². The molecule has 0 amide bonds. The largest absolute Gasteiger partial charge is 0.434 e. The van der Waals surface area contributed by atoms with Crippen LogP contribution in [0.1, 0.15) is 5.56 Å². The van der Waals surface area contributed by atoms with Gasteiger partial charge in [-0.2, -0.15) is 13.9 Å². The predicted molar refractivity (Wildman–Crippen MR) is 44.9 cm³/mol. The summed E-state index contributed by atoms with van der Waals surface area (Å²) in [6.45, 7) is -2.84. The minimum absolute atomic E-state index is 0.0618. The van der Waals surface area contributed by atoms with E-state index in [0.717, 1.165) is 0 Å². The van der Waals surface area contributed by atoms with Gasteiger partial charge in [0.15, 0.2) is 0 Å². The Morgan fingerprint density at radius 2 is 2.08 bits per heavy atom. The van der Waals surface area contributed by atoms with E-state index in [-0.39, 0.29) is 5.75 Å². The maximum Gasteiger partial charge on any atom is 0.387 e. The van der Waals surface area contributed by atoms with Crippen molar-refractivity contribution in [1.82, 2.24) is 0 Å². The Labute approximate surface area is 73.8 Å². The lowest BCUT2D eigenvalue weighted by Crippen LogP contribution is -2.04. The van der Waals surface area contributed by atoms with Crippen molar-refractivity contribution in [1.29, 1.82) is 0 Å². The molecule has 0 aromatic heterocycles. The van der Waals surface area contributed by atoms with Crippen molar-refractivity contribution in [3.8, 4) is 5.75 Å². The number of hydrogen-bond acceptors (Lipinski definition) is 3. The van der Waals surface area contributed by atoms with Crippen molar-refractivity contribution >= 4 is 6.21 Å². The summed E-state index contributed by atoms with van der Waals surface area (Å²) in [5.74, 6) is 4.95. The van der Waals surface area contributed by atoms with Gasteiger partial charge in [-0.15, -0.1) is 0 Å². The van der Waals surface area contributed by atoms with E-state index in [2.05, 4.69) is 9.84 Å². The minimum Gasteiger partial charge on any atom is -0.434 e. The molecule has 2 N–H and O–H groups in total. The van der Waals surface area contributed by atoms with E-state index in [4.69, 9.17) is 5.84 Å². The lowest BCUT2D eigenvalue weighted by Gasteiger charge is -2.06. The van der Waals surface area contributed by atoms with E-state index in [9.17, 15) is 8.78 Å². The van der Waals surface area contributed by atoms with Crippen LogP contribution in [0.2, 0.25) is 0 Å². The van der Waals surface area contributed by atoms with Crippen LogP contribution >= 0.6 is 0 Å². The molecule has 0 radical (unpaired) electrons. The molecule has 1 aromatic rings. The third-order valence-corrected chi connectivity index (χ3v) is 1.35. The normalized spacial score (nSPS) is 11.0. The molecule has 0 fully saturated rings. The Kier molecular flexibility index (Phi) is 3.19. The molecule has 0 heterocycles. The van der Waals surface area contributed by atoms with Crippen LogP contribution in [-0.4, -0.2) is 12.8 Å². The summed E-state index contributed by atoms with van der Waals surface area (Å²) in [5.41, 5.74) is 0.422. The zero-order valence-electron chi connectivity index (χ0n) is 6.65. The maximum absolute atomic E-state index is 11.8. The SMILES string of the molecule is NN=Cc1ccccc1OC(F)F. The van der Waals surface area contributed by atoms with E-state index in [1.54, 1.807) is 18.2 Å². The summed E-state index contributed by atoms with van der Waals surface area (Å²) in [4.78, 5) is 0. The van der Waals surface area contributed by atoms with Gasteiger partial charge in [0.05, 0.1) is 6.21 Å². The summed E-state index contributed by atoms with van der Waals surface area (Å²) >= 11 is 0. The van der Waals surface area contributed by atoms with Gasteiger partial charge in [0.2, 0.25) is 0 Å². The van der Waals surface area contributed by atoms with Crippen molar-refractivity contribution in [3.63, 3.8) is 0 Å². The van der Waals surface area contributed by atoms with Crippen LogP contribution in [-0.2, 0) is 0 Å². The molecule has 0 saturated heterocycles. The predicted octanol–water partition coefficient (Wildman–Crippen LogP) is 1.58. The van der Waals surface area contributed by atoms with Crippen molar-refractivity contribution in [2.24, 2.45) is 10.9 Å². The zero-order valence-corrected chi connectivity index (χ0v) is 6.65. The second kappa shape index (κ2) is 4.39. The number of para-hydroxylation sites is 1. The third kappa shape index (κ3) is 2.70. The van der Waals surface area contributed by atoms with Gasteiger partial charge in [-0.1, -0.05) is 12.1 Å². The van der Waals surface area contributed by atoms with Crippen LogP contribution < -0.4 is 10.6 Å². The summed E-state index contributed by atoms with van der Waals surface area (Å²) < 4.78 is 27.9. The fourth-order valence-corrected chi connectivity index (χ4v) is 0.871. The highest BCUT2D eigenvalue weighted by molar-refractivity contribution is 5.83. The number of rotatable bonds is 3. The van der Waals surface area contributed by atoms with E-state index in [1.165, 1.54) is 12.3 Å². The Hall–Kier alpha value is -1.65. The molecule has 13 heavy (non-hydrogen) atoms. The number of halogens is 2. The molecule has 0 atom stereocenters. The van der Waals surface area contributed by atoms with E-state index in [1.807, 2.05) is 0 Å². The van der Waals surface area contributed by atoms with Crippen molar-refractivity contribution in [3.05, 3.63) is 29.8 Å². The molecular formula is C8H8F2N2O. The molecule has 0 saturated carbocycles. The van der Waals surface area contributed by atoms with Crippen LogP contribution in [0.25, 0.3) is 0 Å². The Balaban J connectivity index is 2.90. The summed E-state index contributed by atoms with van der Waals surface area (Å²) in [6, 6.07) is 6.26. The highest BCUT2D eigenvalue weighted by Gasteiger charge is 2.06. The van der Waals surface area contributed by atoms with Gasteiger partial charge in [-0.05, 0) is 12.1 Å². The number of alkyl halides is 2. The van der Waals surface area contributed by atoms with Crippen LogP contribution in [0, 0.1) is 0 Å². The molecular weight excluding hydrogens is 178 g/mol. The molecule has 0 aliphatic carbocycles. The smallest absolute Gasteiger partial charge is 0.387 e. The Morgan fingerprint density at radius 1 is 1.38 bits per heavy atom. The molecule has 0 unspecified atom stereocenters. The Bertz CT molecular complexity index is 302. The standard InChI is InChI=1S/C8H8F2N2O/c9-8(10)13-7-4-2-1-3-6(7)5-12-11/h1-5,8H,11H2. The summed E-state index contributed by atoms with van der Waals surface area (Å²) in [7, 11) is 0. The fourth-order valence-electron chi connectivity index (χ4n) is 0.871. The molecule has 0 aliphatic rings. The molecule has 0 spiro atoms. The van der Waals surface area contributed by atoms with Gasteiger partial charge >= 0.3 is 6.61 Å². The molecule has 1 aromatic carbocycles. The van der Waals surface area contributed by atoms with Crippen LogP contribution in [0.4, 0.5) is 8.78 Å². The Morgan fingerprint density at radius 3 is 2.69 bits per heavy atom. The number of nitrogens with zero attached hydrogens (tertiary/aromatic N) is 1. The van der Waals surface area contributed by atoms with Crippen LogP contribution in [0.5, 0.6) is 5.75 Å². The average molecular weight is 186 g/mol. The molecule has 0 bridgehead atoms. The lowest BCUT2D eigenvalue weighted by atomic mass is 10.2. The highest BCUT2D eigenvalue weighted by atomic mass is 19.3. The molecule has 70 valence electrons. The lowest BCUT2D eigenvalue weighted by molar-refractivity contribution is -0.0499. The first-order chi connectivity index (χ1) is 6.24. The van der Waals surface area contributed by atoms with Gasteiger partial charge in [0, 0.05) is 5.56 Å². The number of ether oxygens (including phenoxy) is 1. The second-order valence-corrected chi connectivity index (χ2v) is 2.19. The third-order valence-electron chi connectivity index (χ3n) is 1.35. The monoisotopic (exact) mass is 186 g/mol. The fraction of sp³-hybridized carbons (Fsp3) is 0.125. The van der Waals surface area contributed by atoms with Crippen molar-refractivity contribution in [2.45, 2.75) is 6.61 Å². The quantitative estimate of drug-likeness (QED) is 0.442. The van der Waals surface area contributed by atoms with E-state index >= 15 is 0 Å². The average Bonchev–Trinajstić information content (AvgIpc) is 2.08. The topological polar surface area (TPSA) is 47.6 Å². The second-order valence-electron chi connectivity index (χ2n) is 2.19. The summed E-state index contributed by atoms with van der Waals surface area (Å²) in [5, 5.41) is 3.22. The number of hydrazone groups is 1. The zero-order chi connectivity index (χ0) is 9.68. The maximum atomic E-state index is 11.8. The number of benzene rings is 1. The van der Waals surface area contributed by atoms with Gasteiger partial charge in [-0.25, -0.2) is 0 Å².